The first-order valence-electron chi connectivity index (χ1n) is 6.86. The van der Waals surface area contributed by atoms with Gasteiger partial charge in [-0.1, -0.05) is 27.2 Å². The largest absolute Gasteiger partial charge is 0.421 e. The van der Waals surface area contributed by atoms with Gasteiger partial charge >= 0.3 is 0 Å². The Morgan fingerprint density at radius 1 is 1.31 bits per heavy atom. The molecule has 0 aliphatic rings. The summed E-state index contributed by atoms with van der Waals surface area (Å²) in [6, 6.07) is 1.28. The molecule has 0 aliphatic heterocycles. The van der Waals surface area contributed by atoms with Gasteiger partial charge in [0.2, 0.25) is 0 Å². The summed E-state index contributed by atoms with van der Waals surface area (Å²) in [5.74, 6) is 0. The number of hydrogen-bond acceptors (Lipinski definition) is 2. The summed E-state index contributed by atoms with van der Waals surface area (Å²) in [5.41, 5.74) is 1.28. The molecule has 0 aromatic rings. The molecule has 16 heavy (non-hydrogen) atoms. The van der Waals surface area contributed by atoms with Gasteiger partial charge in [0.25, 0.3) is 0 Å². The first-order chi connectivity index (χ1) is 7.74. The van der Waals surface area contributed by atoms with Crippen molar-refractivity contribution >= 4 is 15.5 Å². The van der Waals surface area contributed by atoms with Crippen molar-refractivity contribution in [3.63, 3.8) is 0 Å². The fraction of sp³-hybridized carbons (Fsp3) is 0.923. The maximum absolute atomic E-state index is 5.96. The van der Waals surface area contributed by atoms with Crippen LogP contribution in [0.15, 0.2) is 4.99 Å². The normalized spacial score (nSPS) is 14.9. The average molecular weight is 243 g/mol. The molecule has 3 heteroatoms. The van der Waals surface area contributed by atoms with Crippen molar-refractivity contribution in [1.29, 1.82) is 0 Å². The van der Waals surface area contributed by atoms with Gasteiger partial charge < -0.3 is 4.43 Å². The van der Waals surface area contributed by atoms with Crippen LogP contribution in [0.3, 0.4) is 0 Å². The SMILES string of the molecule is CCCC(CC)O[SiH2]CCCN=C(C)CC. The average Bonchev–Trinajstić information content (AvgIpc) is 2.31. The molecular weight excluding hydrogens is 214 g/mol. The Labute approximate surface area is 104 Å². The van der Waals surface area contributed by atoms with Crippen LogP contribution in [0.1, 0.15) is 59.8 Å². The van der Waals surface area contributed by atoms with Gasteiger partial charge in [0.05, 0.1) is 0 Å². The molecule has 0 rings (SSSR count). The van der Waals surface area contributed by atoms with E-state index < -0.39 is 0 Å². The van der Waals surface area contributed by atoms with E-state index in [9.17, 15) is 0 Å². The van der Waals surface area contributed by atoms with E-state index in [4.69, 9.17) is 4.43 Å². The van der Waals surface area contributed by atoms with Gasteiger partial charge in [-0.3, -0.25) is 4.99 Å². The minimum absolute atomic E-state index is 0.288. The van der Waals surface area contributed by atoms with Crippen molar-refractivity contribution in [1.82, 2.24) is 0 Å². The molecule has 0 fully saturated rings. The lowest BCUT2D eigenvalue weighted by molar-refractivity contribution is 0.194. The third-order valence-corrected chi connectivity index (χ3v) is 4.36. The molecule has 0 aliphatic carbocycles. The highest BCUT2D eigenvalue weighted by molar-refractivity contribution is 6.27. The lowest BCUT2D eigenvalue weighted by atomic mass is 10.2. The van der Waals surface area contributed by atoms with Crippen molar-refractivity contribution in [3.8, 4) is 0 Å². The van der Waals surface area contributed by atoms with E-state index in [1.165, 1.54) is 37.4 Å². The number of aliphatic imine (C=N–C) groups is 1. The molecule has 0 saturated heterocycles. The predicted octanol–water partition coefficient (Wildman–Crippen LogP) is 3.34. The Kier molecular flexibility index (Phi) is 11.2. The lowest BCUT2D eigenvalue weighted by Crippen LogP contribution is -2.14. The third-order valence-electron chi connectivity index (χ3n) is 2.87. The molecular formula is C13H29NOSi. The van der Waals surface area contributed by atoms with Gasteiger partial charge in [0.1, 0.15) is 0 Å². The molecule has 0 saturated carbocycles. The van der Waals surface area contributed by atoms with Crippen LogP contribution in [0.25, 0.3) is 0 Å². The standard InChI is InChI=1S/C13H29NOSi/c1-5-9-13(7-3)15-16-11-8-10-14-12(4)6-2/h13H,5-11,16H2,1-4H3. The van der Waals surface area contributed by atoms with Crippen molar-refractivity contribution in [3.05, 3.63) is 0 Å². The fourth-order valence-corrected chi connectivity index (χ4v) is 2.90. The Morgan fingerprint density at radius 2 is 2.06 bits per heavy atom. The number of nitrogens with zero attached hydrogens (tertiary/aromatic N) is 1. The summed E-state index contributed by atoms with van der Waals surface area (Å²) in [7, 11) is -0.288. The molecule has 0 bridgehead atoms. The molecule has 1 unspecified atom stereocenters. The first-order valence-corrected chi connectivity index (χ1v) is 8.43. The Balaban J connectivity index is 3.38. The lowest BCUT2D eigenvalue weighted by Gasteiger charge is -2.14. The summed E-state index contributed by atoms with van der Waals surface area (Å²) >= 11 is 0. The molecule has 0 heterocycles. The summed E-state index contributed by atoms with van der Waals surface area (Å²) in [4.78, 5) is 4.50. The summed E-state index contributed by atoms with van der Waals surface area (Å²) < 4.78 is 5.96. The molecule has 1 atom stereocenters. The zero-order valence-electron chi connectivity index (χ0n) is 11.6. The van der Waals surface area contributed by atoms with Crippen molar-refractivity contribution in [2.75, 3.05) is 6.54 Å². The van der Waals surface area contributed by atoms with E-state index in [2.05, 4.69) is 32.7 Å². The van der Waals surface area contributed by atoms with Crippen LogP contribution in [0.5, 0.6) is 0 Å². The first kappa shape index (κ1) is 15.8. The van der Waals surface area contributed by atoms with Gasteiger partial charge in [0.15, 0.2) is 9.76 Å². The monoisotopic (exact) mass is 243 g/mol. The minimum atomic E-state index is -0.288. The molecule has 0 N–H and O–H groups in total. The van der Waals surface area contributed by atoms with E-state index in [0.29, 0.717) is 6.10 Å². The molecule has 0 radical (unpaired) electrons. The quantitative estimate of drug-likeness (QED) is 0.328. The zero-order valence-corrected chi connectivity index (χ0v) is 13.0. The molecule has 0 amide bonds. The molecule has 96 valence electrons. The van der Waals surface area contributed by atoms with Gasteiger partial charge in [-0.05, 0) is 38.7 Å². The van der Waals surface area contributed by atoms with E-state index in [1.807, 2.05) is 0 Å². The zero-order chi connectivity index (χ0) is 12.2. The summed E-state index contributed by atoms with van der Waals surface area (Å²) in [6.45, 7) is 9.73. The second kappa shape index (κ2) is 11.3. The number of hydrogen-bond donors (Lipinski definition) is 0. The summed E-state index contributed by atoms with van der Waals surface area (Å²) in [5, 5.41) is 0. The van der Waals surface area contributed by atoms with Crippen LogP contribution >= 0.6 is 0 Å². The Bertz CT molecular complexity index is 183. The van der Waals surface area contributed by atoms with Crippen LogP contribution in [-0.4, -0.2) is 28.1 Å². The maximum atomic E-state index is 5.96. The van der Waals surface area contributed by atoms with E-state index in [-0.39, 0.29) is 9.76 Å². The summed E-state index contributed by atoms with van der Waals surface area (Å²) in [6.07, 6.45) is 6.49. The highest BCUT2D eigenvalue weighted by atomic mass is 28.2. The second-order valence-corrected chi connectivity index (χ2v) is 5.82. The van der Waals surface area contributed by atoms with Crippen LogP contribution < -0.4 is 0 Å². The van der Waals surface area contributed by atoms with Gasteiger partial charge in [0, 0.05) is 18.4 Å². The molecule has 0 aromatic heterocycles. The van der Waals surface area contributed by atoms with Gasteiger partial charge in [-0.25, -0.2) is 0 Å². The van der Waals surface area contributed by atoms with Crippen molar-refractivity contribution in [2.45, 2.75) is 71.9 Å². The van der Waals surface area contributed by atoms with Crippen LogP contribution in [0.4, 0.5) is 0 Å². The Hall–Kier alpha value is -0.153. The van der Waals surface area contributed by atoms with Crippen molar-refractivity contribution < 1.29 is 4.43 Å². The Morgan fingerprint density at radius 3 is 2.62 bits per heavy atom. The van der Waals surface area contributed by atoms with E-state index >= 15 is 0 Å². The van der Waals surface area contributed by atoms with Gasteiger partial charge in [-0.15, -0.1) is 0 Å². The highest BCUT2D eigenvalue weighted by Gasteiger charge is 2.03. The van der Waals surface area contributed by atoms with Gasteiger partial charge in [-0.2, -0.15) is 0 Å². The topological polar surface area (TPSA) is 21.6 Å². The fourth-order valence-electron chi connectivity index (χ4n) is 1.57. The smallest absolute Gasteiger partial charge is 0.162 e. The molecule has 0 spiro atoms. The van der Waals surface area contributed by atoms with E-state index in [1.54, 1.807) is 0 Å². The van der Waals surface area contributed by atoms with Crippen LogP contribution in [0, 0.1) is 0 Å². The highest BCUT2D eigenvalue weighted by Crippen LogP contribution is 2.06. The van der Waals surface area contributed by atoms with Crippen LogP contribution in [-0.2, 0) is 4.43 Å². The molecule has 2 nitrogen and oxygen atoms in total. The second-order valence-electron chi connectivity index (χ2n) is 4.37. The predicted molar refractivity (Wildman–Crippen MR) is 76.3 cm³/mol. The van der Waals surface area contributed by atoms with E-state index in [0.717, 1.165) is 13.0 Å². The number of rotatable bonds is 10. The minimum Gasteiger partial charge on any atom is -0.421 e. The maximum Gasteiger partial charge on any atom is 0.162 e. The van der Waals surface area contributed by atoms with Crippen molar-refractivity contribution in [2.24, 2.45) is 4.99 Å². The van der Waals surface area contributed by atoms with Crippen LogP contribution in [0.2, 0.25) is 6.04 Å². The third kappa shape index (κ3) is 9.10. The molecule has 0 aromatic carbocycles.